The van der Waals surface area contributed by atoms with Gasteiger partial charge in [-0.05, 0) is 23.8 Å². The molecule has 1 heterocycles. The van der Waals surface area contributed by atoms with E-state index in [1.54, 1.807) is 18.2 Å². The van der Waals surface area contributed by atoms with Crippen molar-refractivity contribution >= 4 is 23.2 Å². The number of nitrogens with zero attached hydrogens (tertiary/aromatic N) is 1. The van der Waals surface area contributed by atoms with Gasteiger partial charge in [0.25, 0.3) is 0 Å². The number of benzene rings is 1. The minimum atomic E-state index is -0.447. The summed E-state index contributed by atoms with van der Waals surface area (Å²) in [4.78, 5) is 3.98. The standard InChI is InChI=1S/C12H10Cl2FN3/c13-9-3-1-2-8(11(9)14)12(18-16)10-5-4-7(15)6-17-10/h1-6,12,18H,16H2. The van der Waals surface area contributed by atoms with Crippen LogP contribution in [-0.4, -0.2) is 4.98 Å². The number of rotatable bonds is 3. The Morgan fingerprint density at radius 2 is 2.00 bits per heavy atom. The fraction of sp³-hybridized carbons (Fsp3) is 0.0833. The maximum absolute atomic E-state index is 12.8. The van der Waals surface area contributed by atoms with Crippen LogP contribution in [0, 0.1) is 5.82 Å². The first-order valence-electron chi connectivity index (χ1n) is 5.15. The van der Waals surface area contributed by atoms with Gasteiger partial charge >= 0.3 is 0 Å². The molecule has 0 saturated carbocycles. The Morgan fingerprint density at radius 1 is 1.22 bits per heavy atom. The van der Waals surface area contributed by atoms with Crippen LogP contribution in [0.2, 0.25) is 10.0 Å². The summed E-state index contributed by atoms with van der Waals surface area (Å²) in [5.74, 6) is 5.10. The number of halogens is 3. The molecule has 0 bridgehead atoms. The van der Waals surface area contributed by atoms with Crippen LogP contribution in [0.3, 0.4) is 0 Å². The lowest BCUT2D eigenvalue weighted by Gasteiger charge is -2.17. The minimum absolute atomic E-state index is 0.397. The molecule has 2 rings (SSSR count). The molecule has 0 fully saturated rings. The van der Waals surface area contributed by atoms with E-state index in [1.165, 1.54) is 12.1 Å². The van der Waals surface area contributed by atoms with E-state index in [2.05, 4.69) is 10.4 Å². The molecule has 94 valence electrons. The van der Waals surface area contributed by atoms with Crippen molar-refractivity contribution in [3.63, 3.8) is 0 Å². The smallest absolute Gasteiger partial charge is 0.141 e. The van der Waals surface area contributed by atoms with E-state index in [9.17, 15) is 4.39 Å². The van der Waals surface area contributed by atoms with E-state index >= 15 is 0 Å². The van der Waals surface area contributed by atoms with Crippen LogP contribution in [-0.2, 0) is 0 Å². The topological polar surface area (TPSA) is 50.9 Å². The number of nitrogens with one attached hydrogen (secondary N) is 1. The lowest BCUT2D eigenvalue weighted by atomic mass is 10.0. The summed E-state index contributed by atoms with van der Waals surface area (Å²) >= 11 is 12.1. The first kappa shape index (κ1) is 13.2. The maximum Gasteiger partial charge on any atom is 0.141 e. The molecule has 0 saturated heterocycles. The summed E-state index contributed by atoms with van der Waals surface area (Å²) in [7, 11) is 0. The second-order valence-corrected chi connectivity index (χ2v) is 4.43. The van der Waals surface area contributed by atoms with Gasteiger partial charge in [0.05, 0.1) is 28.0 Å². The van der Waals surface area contributed by atoms with Gasteiger partial charge in [-0.15, -0.1) is 0 Å². The third-order valence-electron chi connectivity index (χ3n) is 2.51. The first-order chi connectivity index (χ1) is 8.63. The maximum atomic E-state index is 12.8. The fourth-order valence-electron chi connectivity index (χ4n) is 1.64. The monoisotopic (exact) mass is 285 g/mol. The number of pyridine rings is 1. The molecule has 2 aromatic rings. The fourth-order valence-corrected chi connectivity index (χ4v) is 2.05. The zero-order valence-electron chi connectivity index (χ0n) is 9.20. The third-order valence-corrected chi connectivity index (χ3v) is 3.34. The Hall–Kier alpha value is -1.20. The molecule has 3 N–H and O–H groups in total. The van der Waals surface area contributed by atoms with Gasteiger partial charge in [0.2, 0.25) is 0 Å². The number of nitrogens with two attached hydrogens (primary N) is 1. The van der Waals surface area contributed by atoms with Gasteiger partial charge in [0.1, 0.15) is 5.82 Å². The summed E-state index contributed by atoms with van der Waals surface area (Å²) in [6.45, 7) is 0. The van der Waals surface area contributed by atoms with Crippen LogP contribution >= 0.6 is 23.2 Å². The highest BCUT2D eigenvalue weighted by Gasteiger charge is 2.18. The van der Waals surface area contributed by atoms with E-state index in [0.717, 1.165) is 6.20 Å². The van der Waals surface area contributed by atoms with Crippen molar-refractivity contribution in [3.8, 4) is 0 Å². The van der Waals surface area contributed by atoms with Gasteiger partial charge in [-0.3, -0.25) is 10.8 Å². The van der Waals surface area contributed by atoms with Crippen molar-refractivity contribution in [2.24, 2.45) is 5.84 Å². The van der Waals surface area contributed by atoms with Crippen LogP contribution in [0.4, 0.5) is 4.39 Å². The van der Waals surface area contributed by atoms with Gasteiger partial charge < -0.3 is 0 Å². The molecule has 0 aliphatic carbocycles. The Kier molecular flexibility index (Phi) is 4.14. The number of hydrogen-bond acceptors (Lipinski definition) is 3. The second kappa shape index (κ2) is 5.63. The molecule has 1 atom stereocenters. The number of hydrazine groups is 1. The van der Waals surface area contributed by atoms with Crippen LogP contribution in [0.25, 0.3) is 0 Å². The van der Waals surface area contributed by atoms with E-state index in [-0.39, 0.29) is 0 Å². The summed E-state index contributed by atoms with van der Waals surface area (Å²) in [5, 5.41) is 0.824. The molecule has 0 spiro atoms. The molecule has 0 aliphatic heterocycles. The molecule has 0 amide bonds. The molecule has 1 aromatic carbocycles. The van der Waals surface area contributed by atoms with E-state index in [1.807, 2.05) is 0 Å². The Bertz CT molecular complexity index is 546. The van der Waals surface area contributed by atoms with Crippen molar-refractivity contribution in [1.29, 1.82) is 0 Å². The Morgan fingerprint density at radius 3 is 2.61 bits per heavy atom. The molecule has 0 radical (unpaired) electrons. The number of aromatic nitrogens is 1. The van der Waals surface area contributed by atoms with Gasteiger partial charge in [-0.1, -0.05) is 35.3 Å². The second-order valence-electron chi connectivity index (χ2n) is 3.64. The van der Waals surface area contributed by atoms with Crippen LogP contribution < -0.4 is 11.3 Å². The average molecular weight is 286 g/mol. The number of hydrogen-bond donors (Lipinski definition) is 2. The lowest BCUT2D eigenvalue weighted by molar-refractivity contribution is 0.596. The van der Waals surface area contributed by atoms with Crippen molar-refractivity contribution in [1.82, 2.24) is 10.4 Å². The molecular weight excluding hydrogens is 276 g/mol. The Labute approximate surface area is 114 Å². The first-order valence-corrected chi connectivity index (χ1v) is 5.90. The van der Waals surface area contributed by atoms with Crippen molar-refractivity contribution in [3.05, 3.63) is 63.6 Å². The molecule has 6 heteroatoms. The summed E-state index contributed by atoms with van der Waals surface area (Å²) in [6, 6.07) is 7.62. The molecule has 18 heavy (non-hydrogen) atoms. The predicted octanol–water partition coefficient (Wildman–Crippen LogP) is 3.08. The van der Waals surface area contributed by atoms with Gasteiger partial charge in [0, 0.05) is 0 Å². The summed E-state index contributed by atoms with van der Waals surface area (Å²) in [5.41, 5.74) is 3.84. The predicted molar refractivity (Wildman–Crippen MR) is 69.8 cm³/mol. The molecule has 3 nitrogen and oxygen atoms in total. The average Bonchev–Trinajstić information content (AvgIpc) is 2.37. The molecular formula is C12H10Cl2FN3. The van der Waals surface area contributed by atoms with Crippen molar-refractivity contribution in [2.45, 2.75) is 6.04 Å². The van der Waals surface area contributed by atoms with E-state index in [0.29, 0.717) is 21.3 Å². The minimum Gasteiger partial charge on any atom is -0.271 e. The van der Waals surface area contributed by atoms with Gasteiger partial charge in [-0.25, -0.2) is 9.82 Å². The van der Waals surface area contributed by atoms with Crippen LogP contribution in [0.5, 0.6) is 0 Å². The highest BCUT2D eigenvalue weighted by atomic mass is 35.5. The highest BCUT2D eigenvalue weighted by Crippen LogP contribution is 2.32. The van der Waals surface area contributed by atoms with Crippen LogP contribution in [0.15, 0.2) is 36.5 Å². The SMILES string of the molecule is NNC(c1ccc(F)cn1)c1cccc(Cl)c1Cl. The molecule has 1 aromatic heterocycles. The summed E-state index contributed by atoms with van der Waals surface area (Å²) < 4.78 is 12.8. The third kappa shape index (κ3) is 2.62. The molecule has 1 unspecified atom stereocenters. The molecule has 0 aliphatic rings. The quantitative estimate of drug-likeness (QED) is 0.673. The normalized spacial score (nSPS) is 12.4. The van der Waals surface area contributed by atoms with E-state index in [4.69, 9.17) is 29.0 Å². The van der Waals surface area contributed by atoms with Gasteiger partial charge in [-0.2, -0.15) is 0 Å². The highest BCUT2D eigenvalue weighted by molar-refractivity contribution is 6.42. The van der Waals surface area contributed by atoms with Gasteiger partial charge in [0.15, 0.2) is 0 Å². The summed E-state index contributed by atoms with van der Waals surface area (Å²) in [6.07, 6.45) is 1.12. The lowest BCUT2D eigenvalue weighted by Crippen LogP contribution is -2.29. The van der Waals surface area contributed by atoms with Crippen LogP contribution in [0.1, 0.15) is 17.3 Å². The Balaban J connectivity index is 2.45. The largest absolute Gasteiger partial charge is 0.271 e. The van der Waals surface area contributed by atoms with Crippen molar-refractivity contribution < 1.29 is 4.39 Å². The zero-order valence-corrected chi connectivity index (χ0v) is 10.7. The van der Waals surface area contributed by atoms with Crippen molar-refractivity contribution in [2.75, 3.05) is 0 Å². The zero-order chi connectivity index (χ0) is 13.1. The van der Waals surface area contributed by atoms with E-state index < -0.39 is 11.9 Å².